The molecule has 3 heteroatoms. The molecule has 1 aromatic carbocycles. The molecule has 0 fully saturated rings. The standard InChI is InChI=1S/C16H19NO2/c17-13-6-5-12(9-13)15(18)10-16-14-4-2-1-3-11(14)7-8-19-16/h1-6,12-13,16H,7-10,17H2. The lowest BCUT2D eigenvalue weighted by atomic mass is 9.91. The molecule has 2 N–H and O–H groups in total. The van der Waals surface area contributed by atoms with E-state index in [1.54, 1.807) is 0 Å². The maximum Gasteiger partial charge on any atom is 0.142 e. The summed E-state index contributed by atoms with van der Waals surface area (Å²) in [6.07, 6.45) is 5.93. The van der Waals surface area contributed by atoms with Crippen LogP contribution in [0.2, 0.25) is 0 Å². The number of nitrogens with two attached hydrogens (primary N) is 1. The fourth-order valence-electron chi connectivity index (χ4n) is 2.95. The number of carbonyl (C=O) groups is 1. The Balaban J connectivity index is 1.71. The number of allylic oxidation sites excluding steroid dienone is 1. The number of Topliss-reactive ketones (excluding diaryl/α,β-unsaturated/α-hetero) is 1. The van der Waals surface area contributed by atoms with Crippen LogP contribution in [0.1, 0.15) is 30.1 Å². The Morgan fingerprint density at radius 2 is 2.16 bits per heavy atom. The van der Waals surface area contributed by atoms with Gasteiger partial charge in [-0.05, 0) is 24.0 Å². The van der Waals surface area contributed by atoms with Crippen LogP contribution in [-0.2, 0) is 16.0 Å². The van der Waals surface area contributed by atoms with Gasteiger partial charge in [0, 0.05) is 18.4 Å². The number of ether oxygens (including phenoxy) is 1. The minimum atomic E-state index is -0.0809. The van der Waals surface area contributed by atoms with Crippen LogP contribution in [0.25, 0.3) is 0 Å². The van der Waals surface area contributed by atoms with E-state index in [4.69, 9.17) is 10.5 Å². The highest BCUT2D eigenvalue weighted by Crippen LogP contribution is 2.31. The number of rotatable bonds is 3. The quantitative estimate of drug-likeness (QED) is 0.844. The second-order valence-corrected chi connectivity index (χ2v) is 5.37. The van der Waals surface area contributed by atoms with Crippen LogP contribution in [0.5, 0.6) is 0 Å². The molecular weight excluding hydrogens is 238 g/mol. The van der Waals surface area contributed by atoms with Crippen molar-refractivity contribution >= 4 is 5.78 Å². The molecule has 2 aliphatic rings. The maximum absolute atomic E-state index is 12.3. The predicted molar refractivity (Wildman–Crippen MR) is 73.7 cm³/mol. The van der Waals surface area contributed by atoms with Crippen LogP contribution >= 0.6 is 0 Å². The number of hydrogen-bond donors (Lipinski definition) is 1. The number of ketones is 1. The van der Waals surface area contributed by atoms with Crippen molar-refractivity contribution in [1.82, 2.24) is 0 Å². The van der Waals surface area contributed by atoms with Crippen LogP contribution in [0.4, 0.5) is 0 Å². The number of fused-ring (bicyclic) bond motifs is 1. The molecule has 19 heavy (non-hydrogen) atoms. The van der Waals surface area contributed by atoms with Crippen LogP contribution in [-0.4, -0.2) is 18.4 Å². The van der Waals surface area contributed by atoms with Crippen molar-refractivity contribution in [2.75, 3.05) is 6.61 Å². The summed E-state index contributed by atoms with van der Waals surface area (Å²) in [4.78, 5) is 12.3. The Morgan fingerprint density at radius 3 is 2.95 bits per heavy atom. The van der Waals surface area contributed by atoms with Crippen molar-refractivity contribution in [3.63, 3.8) is 0 Å². The van der Waals surface area contributed by atoms with Crippen LogP contribution < -0.4 is 5.73 Å². The summed E-state index contributed by atoms with van der Waals surface area (Å²) in [5.74, 6) is 0.221. The number of hydrogen-bond acceptors (Lipinski definition) is 3. The largest absolute Gasteiger partial charge is 0.373 e. The lowest BCUT2D eigenvalue weighted by molar-refractivity contribution is -0.124. The minimum Gasteiger partial charge on any atom is -0.373 e. The molecular formula is C16H19NO2. The van der Waals surface area contributed by atoms with E-state index in [1.165, 1.54) is 11.1 Å². The third-order valence-electron chi connectivity index (χ3n) is 4.01. The highest BCUT2D eigenvalue weighted by atomic mass is 16.5. The Labute approximate surface area is 113 Å². The molecule has 100 valence electrons. The van der Waals surface area contributed by atoms with Gasteiger partial charge in [0.2, 0.25) is 0 Å². The van der Waals surface area contributed by atoms with E-state index in [1.807, 2.05) is 24.3 Å². The monoisotopic (exact) mass is 257 g/mol. The zero-order valence-corrected chi connectivity index (χ0v) is 10.9. The van der Waals surface area contributed by atoms with Crippen LogP contribution in [0, 0.1) is 5.92 Å². The molecule has 1 aliphatic heterocycles. The number of benzene rings is 1. The lowest BCUT2D eigenvalue weighted by Crippen LogP contribution is -2.23. The van der Waals surface area contributed by atoms with Crippen molar-refractivity contribution in [2.24, 2.45) is 11.7 Å². The smallest absolute Gasteiger partial charge is 0.142 e. The average Bonchev–Trinajstić information content (AvgIpc) is 2.86. The maximum atomic E-state index is 12.3. The summed E-state index contributed by atoms with van der Waals surface area (Å²) >= 11 is 0. The second kappa shape index (κ2) is 5.27. The van der Waals surface area contributed by atoms with Crippen molar-refractivity contribution in [1.29, 1.82) is 0 Å². The van der Waals surface area contributed by atoms with Gasteiger partial charge in [-0.15, -0.1) is 0 Å². The Morgan fingerprint density at radius 1 is 1.32 bits per heavy atom. The molecule has 0 radical (unpaired) electrons. The molecule has 3 unspecified atom stereocenters. The van der Waals surface area contributed by atoms with Gasteiger partial charge in [-0.1, -0.05) is 36.4 Å². The van der Waals surface area contributed by atoms with Gasteiger partial charge in [0.15, 0.2) is 0 Å². The molecule has 3 atom stereocenters. The van der Waals surface area contributed by atoms with E-state index in [9.17, 15) is 4.79 Å². The van der Waals surface area contributed by atoms with Crippen LogP contribution in [0.15, 0.2) is 36.4 Å². The molecule has 0 saturated heterocycles. The van der Waals surface area contributed by atoms with Gasteiger partial charge in [-0.25, -0.2) is 0 Å². The predicted octanol–water partition coefficient (Wildman–Crippen LogP) is 2.16. The molecule has 0 saturated carbocycles. The van der Waals surface area contributed by atoms with E-state index in [2.05, 4.69) is 12.1 Å². The summed E-state index contributed by atoms with van der Waals surface area (Å²) in [6, 6.07) is 8.29. The zero-order valence-electron chi connectivity index (χ0n) is 10.9. The Bertz CT molecular complexity index is 509. The first-order valence-corrected chi connectivity index (χ1v) is 6.90. The molecule has 1 aromatic rings. The van der Waals surface area contributed by atoms with Gasteiger partial charge < -0.3 is 10.5 Å². The average molecular weight is 257 g/mol. The third-order valence-corrected chi connectivity index (χ3v) is 4.01. The first kappa shape index (κ1) is 12.6. The van der Waals surface area contributed by atoms with E-state index < -0.39 is 0 Å². The van der Waals surface area contributed by atoms with Crippen molar-refractivity contribution in [2.45, 2.75) is 31.4 Å². The van der Waals surface area contributed by atoms with Gasteiger partial charge in [0.25, 0.3) is 0 Å². The van der Waals surface area contributed by atoms with Crippen LogP contribution in [0.3, 0.4) is 0 Å². The summed E-state index contributed by atoms with van der Waals surface area (Å²) in [6.45, 7) is 0.703. The minimum absolute atomic E-state index is 0.0207. The van der Waals surface area contributed by atoms with E-state index in [0.717, 1.165) is 12.8 Å². The lowest BCUT2D eigenvalue weighted by Gasteiger charge is -2.26. The normalized spacial score (nSPS) is 29.2. The first-order chi connectivity index (χ1) is 9.24. The highest BCUT2D eigenvalue weighted by Gasteiger charge is 2.28. The molecule has 0 spiro atoms. The molecule has 1 heterocycles. The third kappa shape index (κ3) is 2.62. The van der Waals surface area contributed by atoms with Gasteiger partial charge in [0.05, 0.1) is 12.7 Å². The SMILES string of the molecule is NC1C=CC(C(=O)CC2OCCc3ccccc32)C1. The molecule has 0 bridgehead atoms. The molecule has 3 rings (SSSR count). The summed E-state index contributed by atoms with van der Waals surface area (Å²) < 4.78 is 5.79. The van der Waals surface area contributed by atoms with Crippen molar-refractivity contribution in [3.8, 4) is 0 Å². The van der Waals surface area contributed by atoms with Gasteiger partial charge >= 0.3 is 0 Å². The van der Waals surface area contributed by atoms with E-state index in [0.29, 0.717) is 13.0 Å². The molecule has 0 aromatic heterocycles. The highest BCUT2D eigenvalue weighted by molar-refractivity contribution is 5.84. The van der Waals surface area contributed by atoms with Gasteiger partial charge in [-0.2, -0.15) is 0 Å². The van der Waals surface area contributed by atoms with Crippen molar-refractivity contribution < 1.29 is 9.53 Å². The van der Waals surface area contributed by atoms with E-state index >= 15 is 0 Å². The van der Waals surface area contributed by atoms with Crippen molar-refractivity contribution in [3.05, 3.63) is 47.5 Å². The second-order valence-electron chi connectivity index (χ2n) is 5.37. The van der Waals surface area contributed by atoms with E-state index in [-0.39, 0.29) is 23.8 Å². The fraction of sp³-hybridized carbons (Fsp3) is 0.438. The summed E-state index contributed by atoms with van der Waals surface area (Å²) in [5.41, 5.74) is 8.29. The fourth-order valence-corrected chi connectivity index (χ4v) is 2.95. The first-order valence-electron chi connectivity index (χ1n) is 6.90. The summed E-state index contributed by atoms with van der Waals surface area (Å²) in [5, 5.41) is 0. The summed E-state index contributed by atoms with van der Waals surface area (Å²) in [7, 11) is 0. The number of carbonyl (C=O) groups excluding carboxylic acids is 1. The Kier molecular flexibility index (Phi) is 3.49. The molecule has 3 nitrogen and oxygen atoms in total. The van der Waals surface area contributed by atoms with Gasteiger partial charge in [-0.3, -0.25) is 4.79 Å². The Hall–Kier alpha value is -1.45. The van der Waals surface area contributed by atoms with Gasteiger partial charge in [0.1, 0.15) is 5.78 Å². The zero-order chi connectivity index (χ0) is 13.2. The molecule has 1 aliphatic carbocycles. The molecule has 0 amide bonds. The topological polar surface area (TPSA) is 52.3 Å².